The summed E-state index contributed by atoms with van der Waals surface area (Å²) < 4.78 is 19.1. The summed E-state index contributed by atoms with van der Waals surface area (Å²) in [6.45, 7) is 15.5. The zero-order valence-corrected chi connectivity index (χ0v) is 17.9. The van der Waals surface area contributed by atoms with Gasteiger partial charge in [-0.25, -0.2) is 0 Å². The van der Waals surface area contributed by atoms with Gasteiger partial charge in [-0.2, -0.15) is 0 Å². The van der Waals surface area contributed by atoms with Crippen LogP contribution in [0.2, 0.25) is 18.1 Å². The fourth-order valence-electron chi connectivity index (χ4n) is 2.42. The topological polar surface area (TPSA) is 27.7 Å². The largest absolute Gasteiger partial charge is 0.485 e. The van der Waals surface area contributed by atoms with Gasteiger partial charge in [-0.3, -0.25) is 0 Å². The lowest BCUT2D eigenvalue weighted by molar-refractivity contribution is -0.00981. The third kappa shape index (κ3) is 4.81. The Balaban J connectivity index is 1.99. The van der Waals surface area contributed by atoms with Crippen LogP contribution in [0.15, 0.2) is 16.6 Å². The van der Waals surface area contributed by atoms with Crippen molar-refractivity contribution in [2.75, 3.05) is 19.8 Å². The highest BCUT2D eigenvalue weighted by atomic mass is 79.9. The summed E-state index contributed by atoms with van der Waals surface area (Å²) in [5.74, 6) is 0.893. The third-order valence-electron chi connectivity index (χ3n) is 4.91. The lowest BCUT2D eigenvalue weighted by Crippen LogP contribution is -2.36. The molecular weight excluding hydrogens is 372 g/mol. The molecular formula is C18H29BrO3Si. The first-order valence-corrected chi connectivity index (χ1v) is 12.0. The predicted octanol–water partition coefficient (Wildman–Crippen LogP) is 4.50. The van der Waals surface area contributed by atoms with E-state index in [2.05, 4.69) is 68.9 Å². The van der Waals surface area contributed by atoms with Gasteiger partial charge in [0, 0.05) is 19.9 Å². The average Bonchev–Trinajstić information content (AvgIpc) is 2.89. The van der Waals surface area contributed by atoms with E-state index >= 15 is 0 Å². The van der Waals surface area contributed by atoms with E-state index in [-0.39, 0.29) is 17.2 Å². The molecule has 0 amide bonds. The Morgan fingerprint density at radius 3 is 2.30 bits per heavy atom. The van der Waals surface area contributed by atoms with Gasteiger partial charge in [-0.05, 0) is 42.1 Å². The molecule has 2 rings (SSSR count). The van der Waals surface area contributed by atoms with Crippen molar-refractivity contribution in [3.05, 3.63) is 27.7 Å². The first-order valence-electron chi connectivity index (χ1n) is 8.33. The Kier molecular flexibility index (Phi) is 6.33. The van der Waals surface area contributed by atoms with Gasteiger partial charge in [0.25, 0.3) is 0 Å². The first kappa shape index (κ1) is 19.0. The second-order valence-electron chi connectivity index (χ2n) is 7.56. The minimum atomic E-state index is -0.760. The zero-order chi connectivity index (χ0) is 17.2. The molecule has 0 N–H and O–H groups in total. The number of hydrogen-bond acceptors (Lipinski definition) is 3. The molecule has 23 heavy (non-hydrogen) atoms. The maximum atomic E-state index is 6.17. The van der Waals surface area contributed by atoms with Gasteiger partial charge in [-0.1, -0.05) is 42.9 Å². The molecule has 1 saturated heterocycles. The minimum absolute atomic E-state index is 0.0197. The maximum absolute atomic E-state index is 6.17. The molecule has 3 nitrogen and oxygen atoms in total. The number of hydrogen-bond donors (Lipinski definition) is 0. The summed E-state index contributed by atoms with van der Waals surface area (Å²) >= 11 is 3.60. The molecule has 0 saturated carbocycles. The van der Waals surface area contributed by atoms with E-state index in [1.165, 1.54) is 11.1 Å². The average molecular weight is 401 g/mol. The minimum Gasteiger partial charge on any atom is -0.485 e. The fraction of sp³-hybridized carbons (Fsp3) is 0.667. The number of ether oxygens (including phenoxy) is 3. The smallest absolute Gasteiger partial charge is 0.150 e. The van der Waals surface area contributed by atoms with Crippen molar-refractivity contribution in [2.45, 2.75) is 58.0 Å². The van der Waals surface area contributed by atoms with Crippen molar-refractivity contribution in [1.82, 2.24) is 0 Å². The highest BCUT2D eigenvalue weighted by Gasteiger charge is 2.34. The SMILES string of the molecule is Cc1cc(O[C@@H]2COC[C@H]2OCC(C)(C)[SiH](C)C)cc(C)c1Br. The molecule has 0 unspecified atom stereocenters. The van der Waals surface area contributed by atoms with Gasteiger partial charge in [0.15, 0.2) is 6.10 Å². The van der Waals surface area contributed by atoms with E-state index in [4.69, 9.17) is 14.2 Å². The Morgan fingerprint density at radius 1 is 1.17 bits per heavy atom. The predicted molar refractivity (Wildman–Crippen MR) is 102 cm³/mol. The van der Waals surface area contributed by atoms with Crippen LogP contribution < -0.4 is 4.74 Å². The molecule has 0 aromatic heterocycles. The molecule has 1 heterocycles. The normalized spacial score (nSPS) is 21.9. The second-order valence-corrected chi connectivity index (χ2v) is 12.2. The van der Waals surface area contributed by atoms with E-state index in [1.807, 2.05) is 0 Å². The van der Waals surface area contributed by atoms with Crippen LogP contribution in [-0.4, -0.2) is 40.8 Å². The van der Waals surface area contributed by atoms with Crippen LogP contribution in [0.5, 0.6) is 5.75 Å². The number of halogens is 1. The standard InChI is InChI=1S/C18H29BrO3Si/c1-12-7-14(8-13(2)17(12)19)22-16-10-20-9-15(16)21-11-18(3,4)23(5)6/h7-8,15-16,23H,9-11H2,1-6H3/t15-,16-/m1/s1. The Hall–Kier alpha value is -0.363. The van der Waals surface area contributed by atoms with E-state index in [0.717, 1.165) is 16.8 Å². The summed E-state index contributed by atoms with van der Waals surface area (Å²) in [6.07, 6.45) is -0.00844. The zero-order valence-electron chi connectivity index (χ0n) is 15.1. The van der Waals surface area contributed by atoms with Crippen LogP contribution in [0.25, 0.3) is 0 Å². The van der Waals surface area contributed by atoms with Crippen LogP contribution in [-0.2, 0) is 9.47 Å². The molecule has 2 atom stereocenters. The van der Waals surface area contributed by atoms with Crippen LogP contribution in [0.3, 0.4) is 0 Å². The van der Waals surface area contributed by atoms with Gasteiger partial charge in [-0.15, -0.1) is 0 Å². The molecule has 0 bridgehead atoms. The van der Waals surface area contributed by atoms with Crippen molar-refractivity contribution in [1.29, 1.82) is 0 Å². The van der Waals surface area contributed by atoms with Crippen molar-refractivity contribution >= 4 is 24.7 Å². The van der Waals surface area contributed by atoms with Gasteiger partial charge in [0.2, 0.25) is 0 Å². The van der Waals surface area contributed by atoms with Crippen molar-refractivity contribution in [3.63, 3.8) is 0 Å². The Labute approximate surface area is 150 Å². The Morgan fingerprint density at radius 2 is 1.74 bits per heavy atom. The Bertz CT molecular complexity index is 522. The van der Waals surface area contributed by atoms with Gasteiger partial charge in [0.05, 0.1) is 13.2 Å². The molecule has 0 aliphatic carbocycles. The van der Waals surface area contributed by atoms with Crippen LogP contribution in [0.4, 0.5) is 0 Å². The molecule has 1 aliphatic rings. The highest BCUT2D eigenvalue weighted by molar-refractivity contribution is 9.10. The molecule has 1 aromatic carbocycles. The van der Waals surface area contributed by atoms with Crippen LogP contribution >= 0.6 is 15.9 Å². The van der Waals surface area contributed by atoms with Crippen LogP contribution in [0.1, 0.15) is 25.0 Å². The molecule has 1 aliphatic heterocycles. The lowest BCUT2D eigenvalue weighted by atomic mass is 10.1. The summed E-state index contributed by atoms with van der Waals surface area (Å²) in [5, 5.41) is 0.290. The number of benzene rings is 1. The lowest BCUT2D eigenvalue weighted by Gasteiger charge is -2.30. The van der Waals surface area contributed by atoms with Gasteiger partial charge >= 0.3 is 0 Å². The fourth-order valence-corrected chi connectivity index (χ4v) is 3.08. The summed E-state index contributed by atoms with van der Waals surface area (Å²) in [7, 11) is -0.760. The summed E-state index contributed by atoms with van der Waals surface area (Å²) in [5.41, 5.74) is 2.37. The second kappa shape index (κ2) is 7.68. The first-order chi connectivity index (χ1) is 10.7. The summed E-state index contributed by atoms with van der Waals surface area (Å²) in [6, 6.07) is 4.13. The van der Waals surface area contributed by atoms with Crippen molar-refractivity contribution < 1.29 is 14.2 Å². The summed E-state index contributed by atoms with van der Waals surface area (Å²) in [4.78, 5) is 0. The van der Waals surface area contributed by atoms with E-state index in [9.17, 15) is 0 Å². The van der Waals surface area contributed by atoms with Gasteiger partial charge < -0.3 is 14.2 Å². The molecule has 1 aromatic rings. The van der Waals surface area contributed by atoms with E-state index < -0.39 is 8.80 Å². The molecule has 0 radical (unpaired) electrons. The van der Waals surface area contributed by atoms with Crippen LogP contribution in [0, 0.1) is 13.8 Å². The highest BCUT2D eigenvalue weighted by Crippen LogP contribution is 2.31. The molecule has 0 spiro atoms. The van der Waals surface area contributed by atoms with Crippen molar-refractivity contribution in [2.24, 2.45) is 0 Å². The maximum Gasteiger partial charge on any atom is 0.150 e. The van der Waals surface area contributed by atoms with E-state index in [0.29, 0.717) is 13.2 Å². The quantitative estimate of drug-likeness (QED) is 0.657. The molecule has 1 fully saturated rings. The van der Waals surface area contributed by atoms with Crippen molar-refractivity contribution in [3.8, 4) is 5.75 Å². The third-order valence-corrected chi connectivity index (χ3v) is 9.45. The monoisotopic (exact) mass is 400 g/mol. The number of rotatable bonds is 6. The van der Waals surface area contributed by atoms with E-state index in [1.54, 1.807) is 0 Å². The number of aryl methyl sites for hydroxylation is 2. The molecule has 5 heteroatoms. The van der Waals surface area contributed by atoms with Gasteiger partial charge in [0.1, 0.15) is 11.9 Å². The molecule has 130 valence electrons.